The first-order valence-corrected chi connectivity index (χ1v) is 9.77. The van der Waals surface area contributed by atoms with Gasteiger partial charge in [-0.1, -0.05) is 12.1 Å². The van der Waals surface area contributed by atoms with Crippen molar-refractivity contribution in [3.05, 3.63) is 64.2 Å². The predicted molar refractivity (Wildman–Crippen MR) is 115 cm³/mol. The van der Waals surface area contributed by atoms with Gasteiger partial charge in [0.25, 0.3) is 11.6 Å². The number of carbonyl (C=O) groups excluding carboxylic acids is 1. The first-order chi connectivity index (χ1) is 14.5. The molecule has 2 aromatic rings. The normalized spacial score (nSPS) is 14.0. The van der Waals surface area contributed by atoms with Crippen LogP contribution in [0.15, 0.2) is 48.5 Å². The third-order valence-electron chi connectivity index (χ3n) is 4.39. The van der Waals surface area contributed by atoms with E-state index in [1.165, 1.54) is 29.8 Å². The molecule has 1 aliphatic heterocycles. The molecule has 1 saturated heterocycles. The highest BCUT2D eigenvalue weighted by molar-refractivity contribution is 7.80. The molecule has 0 radical (unpaired) electrons. The Balaban J connectivity index is 1.40. The number of hydrogen-bond donors (Lipinski definition) is 2. The molecule has 0 bridgehead atoms. The van der Waals surface area contributed by atoms with Crippen molar-refractivity contribution >= 4 is 34.6 Å². The van der Waals surface area contributed by atoms with E-state index in [9.17, 15) is 14.9 Å². The molecule has 0 aromatic heterocycles. The number of rotatable bonds is 7. The van der Waals surface area contributed by atoms with Gasteiger partial charge in [-0.25, -0.2) is 0 Å². The minimum atomic E-state index is -0.504. The van der Waals surface area contributed by atoms with Crippen LogP contribution in [0.4, 0.5) is 11.4 Å². The lowest BCUT2D eigenvalue weighted by Crippen LogP contribution is -2.37. The molecule has 2 aromatic carbocycles. The van der Waals surface area contributed by atoms with Crippen molar-refractivity contribution in [3.8, 4) is 5.75 Å². The van der Waals surface area contributed by atoms with Crippen LogP contribution in [0.2, 0.25) is 0 Å². The Morgan fingerprint density at radius 1 is 1.13 bits per heavy atom. The topological polar surface area (TPSA) is 106 Å². The summed E-state index contributed by atoms with van der Waals surface area (Å²) in [6.45, 7) is 3.99. The van der Waals surface area contributed by atoms with Crippen LogP contribution in [0.5, 0.6) is 5.75 Å². The van der Waals surface area contributed by atoms with Crippen LogP contribution < -0.4 is 15.4 Å². The van der Waals surface area contributed by atoms with Gasteiger partial charge in [-0.15, -0.1) is 0 Å². The maximum atomic E-state index is 12.0. The zero-order chi connectivity index (χ0) is 21.3. The highest BCUT2D eigenvalue weighted by atomic mass is 32.1. The van der Waals surface area contributed by atoms with E-state index < -0.39 is 10.8 Å². The summed E-state index contributed by atoms with van der Waals surface area (Å²) in [6, 6.07) is 13.3. The van der Waals surface area contributed by atoms with Crippen molar-refractivity contribution in [2.45, 2.75) is 6.54 Å². The summed E-state index contributed by atoms with van der Waals surface area (Å²) in [5.41, 5.74) is 1.91. The first kappa shape index (κ1) is 21.6. The Morgan fingerprint density at radius 3 is 2.43 bits per heavy atom. The molecular weight excluding hydrogens is 408 g/mol. The third-order valence-corrected chi connectivity index (χ3v) is 4.60. The zero-order valence-corrected chi connectivity index (χ0v) is 17.0. The second-order valence-electron chi connectivity index (χ2n) is 6.63. The van der Waals surface area contributed by atoms with Crippen molar-refractivity contribution in [2.24, 2.45) is 0 Å². The third kappa shape index (κ3) is 6.76. The van der Waals surface area contributed by atoms with Gasteiger partial charge in [-0.05, 0) is 42.0 Å². The standard InChI is InChI=1S/C20H22N4O5S/c25-19(14-29-18-7-5-17(6-8-18)24(26)27)22-20(30)21-16-3-1-15(2-4-16)13-23-9-11-28-12-10-23/h1-8H,9-14H2,(H2,21,22,25,30). The average molecular weight is 430 g/mol. The van der Waals surface area contributed by atoms with Gasteiger partial charge in [0.15, 0.2) is 11.7 Å². The quantitative estimate of drug-likeness (QED) is 0.392. The summed E-state index contributed by atoms with van der Waals surface area (Å²) < 4.78 is 10.7. The number of nitro benzene ring substituents is 1. The lowest BCUT2D eigenvalue weighted by Gasteiger charge is -2.26. The number of nitrogens with one attached hydrogen (secondary N) is 2. The van der Waals surface area contributed by atoms with Gasteiger partial charge in [0.2, 0.25) is 0 Å². The van der Waals surface area contributed by atoms with E-state index in [1.807, 2.05) is 24.3 Å². The van der Waals surface area contributed by atoms with E-state index in [1.54, 1.807) is 0 Å². The van der Waals surface area contributed by atoms with Crippen LogP contribution in [0.25, 0.3) is 0 Å². The van der Waals surface area contributed by atoms with Crippen LogP contribution in [0.1, 0.15) is 5.56 Å². The average Bonchev–Trinajstić information content (AvgIpc) is 2.74. The van der Waals surface area contributed by atoms with Crippen LogP contribution in [0, 0.1) is 10.1 Å². The van der Waals surface area contributed by atoms with E-state index in [0.29, 0.717) is 5.75 Å². The molecule has 1 fully saturated rings. The van der Waals surface area contributed by atoms with Gasteiger partial charge >= 0.3 is 0 Å². The van der Waals surface area contributed by atoms with Crippen molar-refractivity contribution < 1.29 is 19.2 Å². The van der Waals surface area contributed by atoms with Crippen LogP contribution >= 0.6 is 12.2 Å². The number of non-ortho nitro benzene ring substituents is 1. The van der Waals surface area contributed by atoms with Crippen LogP contribution in [-0.2, 0) is 16.1 Å². The summed E-state index contributed by atoms with van der Waals surface area (Å²) in [7, 11) is 0. The highest BCUT2D eigenvalue weighted by Gasteiger charge is 2.11. The van der Waals surface area contributed by atoms with Gasteiger partial charge in [0.05, 0.1) is 18.1 Å². The fourth-order valence-corrected chi connectivity index (χ4v) is 3.08. The predicted octanol–water partition coefficient (Wildman–Crippen LogP) is 2.32. The van der Waals surface area contributed by atoms with Crippen molar-refractivity contribution in [2.75, 3.05) is 38.2 Å². The lowest BCUT2D eigenvalue weighted by molar-refractivity contribution is -0.384. The molecular formula is C20H22N4O5S. The Bertz CT molecular complexity index is 883. The number of benzene rings is 2. The van der Waals surface area contributed by atoms with Crippen molar-refractivity contribution in [1.29, 1.82) is 0 Å². The highest BCUT2D eigenvalue weighted by Crippen LogP contribution is 2.17. The molecule has 0 unspecified atom stereocenters. The van der Waals surface area contributed by atoms with Crippen molar-refractivity contribution in [3.63, 3.8) is 0 Å². The Labute approximate surface area is 179 Å². The minimum Gasteiger partial charge on any atom is -0.484 e. The molecule has 0 aliphatic carbocycles. The Kier molecular flexibility index (Phi) is 7.66. The van der Waals surface area contributed by atoms with E-state index in [4.69, 9.17) is 21.7 Å². The molecule has 10 heteroatoms. The number of morpholine rings is 1. The molecule has 0 atom stereocenters. The molecule has 2 N–H and O–H groups in total. The fourth-order valence-electron chi connectivity index (χ4n) is 2.85. The first-order valence-electron chi connectivity index (χ1n) is 9.37. The monoisotopic (exact) mass is 430 g/mol. The zero-order valence-electron chi connectivity index (χ0n) is 16.2. The summed E-state index contributed by atoms with van der Waals surface area (Å²) in [4.78, 5) is 24.4. The van der Waals surface area contributed by atoms with Gasteiger partial charge < -0.3 is 14.8 Å². The molecule has 1 aliphatic rings. The molecule has 3 rings (SSSR count). The number of amides is 1. The lowest BCUT2D eigenvalue weighted by atomic mass is 10.2. The summed E-state index contributed by atoms with van der Waals surface area (Å²) in [5.74, 6) is -0.0831. The van der Waals surface area contributed by atoms with Gasteiger partial charge in [-0.3, -0.25) is 25.1 Å². The molecule has 30 heavy (non-hydrogen) atoms. The largest absolute Gasteiger partial charge is 0.484 e. The number of hydrogen-bond acceptors (Lipinski definition) is 7. The summed E-state index contributed by atoms with van der Waals surface area (Å²) >= 11 is 5.16. The van der Waals surface area contributed by atoms with Crippen molar-refractivity contribution in [1.82, 2.24) is 10.2 Å². The summed E-state index contributed by atoms with van der Waals surface area (Å²) in [6.07, 6.45) is 0. The second-order valence-corrected chi connectivity index (χ2v) is 7.04. The molecule has 158 valence electrons. The number of nitro groups is 1. The Morgan fingerprint density at radius 2 is 1.80 bits per heavy atom. The second kappa shape index (κ2) is 10.6. The fraction of sp³-hybridized carbons (Fsp3) is 0.300. The SMILES string of the molecule is O=C(COc1ccc([N+](=O)[O-])cc1)NC(=S)Nc1ccc(CN2CCOCC2)cc1. The maximum absolute atomic E-state index is 12.0. The minimum absolute atomic E-state index is 0.0480. The molecule has 9 nitrogen and oxygen atoms in total. The summed E-state index contributed by atoms with van der Waals surface area (Å²) in [5, 5.41) is 16.3. The number of ether oxygens (including phenoxy) is 2. The van der Waals surface area contributed by atoms with Gasteiger partial charge in [-0.2, -0.15) is 0 Å². The molecule has 0 spiro atoms. The van der Waals surface area contributed by atoms with Gasteiger partial charge in [0, 0.05) is 37.5 Å². The number of carbonyl (C=O) groups is 1. The van der Waals surface area contributed by atoms with Crippen LogP contribution in [-0.4, -0.2) is 53.8 Å². The molecule has 1 amide bonds. The molecule has 0 saturated carbocycles. The Hall–Kier alpha value is -3.08. The molecule has 1 heterocycles. The van der Waals surface area contributed by atoms with E-state index in [2.05, 4.69) is 15.5 Å². The maximum Gasteiger partial charge on any atom is 0.269 e. The van der Waals surface area contributed by atoms with E-state index in [-0.39, 0.29) is 17.4 Å². The van der Waals surface area contributed by atoms with E-state index in [0.717, 1.165) is 38.5 Å². The van der Waals surface area contributed by atoms with Gasteiger partial charge in [0.1, 0.15) is 5.75 Å². The number of nitrogens with zero attached hydrogens (tertiary/aromatic N) is 2. The van der Waals surface area contributed by atoms with E-state index >= 15 is 0 Å². The smallest absolute Gasteiger partial charge is 0.269 e. The van der Waals surface area contributed by atoms with Crippen LogP contribution in [0.3, 0.4) is 0 Å². The number of anilines is 1. The number of thiocarbonyl (C=S) groups is 1.